The molecular weight excluding hydrogens is 184 g/mol. The van der Waals surface area contributed by atoms with Gasteiger partial charge in [0.2, 0.25) is 0 Å². The van der Waals surface area contributed by atoms with Gasteiger partial charge in [0.15, 0.2) is 5.79 Å². The molecule has 0 unspecified atom stereocenters. The van der Waals surface area contributed by atoms with Gasteiger partial charge in [-0.25, -0.2) is 0 Å². The molecule has 0 aromatic heterocycles. The topological polar surface area (TPSA) is 55.8 Å². The number of aliphatic carboxylic acids is 1. The molecular formula is C10H16O4. The second kappa shape index (κ2) is 3.87. The predicted molar refractivity (Wildman–Crippen MR) is 48.8 cm³/mol. The Kier molecular flexibility index (Phi) is 2.74. The average Bonchev–Trinajstić information content (AvgIpc) is 2.58. The smallest absolute Gasteiger partial charge is 0.303 e. The first kappa shape index (κ1) is 9.93. The fourth-order valence-corrected chi connectivity index (χ4v) is 2.35. The monoisotopic (exact) mass is 200 g/mol. The summed E-state index contributed by atoms with van der Waals surface area (Å²) >= 11 is 0. The molecule has 1 N–H and O–H groups in total. The number of ether oxygens (including phenoxy) is 2. The van der Waals surface area contributed by atoms with E-state index in [1.807, 2.05) is 0 Å². The van der Waals surface area contributed by atoms with E-state index in [0.717, 1.165) is 25.7 Å². The van der Waals surface area contributed by atoms with E-state index in [9.17, 15) is 4.79 Å². The van der Waals surface area contributed by atoms with Crippen LogP contribution in [0.5, 0.6) is 0 Å². The number of hydrogen-bond acceptors (Lipinski definition) is 3. The molecule has 14 heavy (non-hydrogen) atoms. The Morgan fingerprint density at radius 2 is 1.86 bits per heavy atom. The molecule has 1 heterocycles. The van der Waals surface area contributed by atoms with Gasteiger partial charge < -0.3 is 14.6 Å². The van der Waals surface area contributed by atoms with Gasteiger partial charge in [0, 0.05) is 19.3 Å². The van der Waals surface area contributed by atoms with Gasteiger partial charge >= 0.3 is 5.97 Å². The van der Waals surface area contributed by atoms with E-state index in [2.05, 4.69) is 0 Å². The van der Waals surface area contributed by atoms with E-state index in [-0.39, 0.29) is 12.2 Å². The summed E-state index contributed by atoms with van der Waals surface area (Å²) in [6.07, 6.45) is 3.81. The predicted octanol–water partition coefficient (Wildman–Crippen LogP) is 1.39. The maximum atomic E-state index is 10.5. The molecule has 0 atom stereocenters. The van der Waals surface area contributed by atoms with Gasteiger partial charge in [-0.15, -0.1) is 0 Å². The summed E-state index contributed by atoms with van der Waals surface area (Å²) in [5.74, 6) is -0.736. The standard InChI is InChI=1S/C10H16O4/c11-9(12)7-8-1-3-10(4-2-8)13-5-6-14-10/h8H,1-7H2,(H,11,12). The molecule has 1 spiro atoms. The van der Waals surface area contributed by atoms with Crippen molar-refractivity contribution in [1.82, 2.24) is 0 Å². The largest absolute Gasteiger partial charge is 0.481 e. The molecule has 1 aliphatic carbocycles. The Balaban J connectivity index is 1.82. The molecule has 2 rings (SSSR count). The summed E-state index contributed by atoms with van der Waals surface area (Å²) < 4.78 is 11.1. The molecule has 1 saturated heterocycles. The van der Waals surface area contributed by atoms with Crippen LogP contribution in [0, 0.1) is 5.92 Å². The highest BCUT2D eigenvalue weighted by Crippen LogP contribution is 2.39. The van der Waals surface area contributed by atoms with Crippen molar-refractivity contribution < 1.29 is 19.4 Å². The van der Waals surface area contributed by atoms with E-state index < -0.39 is 5.97 Å². The number of rotatable bonds is 2. The maximum absolute atomic E-state index is 10.5. The second-order valence-electron chi connectivity index (χ2n) is 4.15. The molecule has 4 heteroatoms. The van der Waals surface area contributed by atoms with Crippen LogP contribution in [-0.4, -0.2) is 30.1 Å². The molecule has 0 aromatic rings. The van der Waals surface area contributed by atoms with E-state index in [1.165, 1.54) is 0 Å². The maximum Gasteiger partial charge on any atom is 0.303 e. The van der Waals surface area contributed by atoms with E-state index in [0.29, 0.717) is 19.1 Å². The lowest BCUT2D eigenvalue weighted by Crippen LogP contribution is -2.35. The molecule has 2 aliphatic rings. The van der Waals surface area contributed by atoms with Crippen molar-refractivity contribution >= 4 is 5.97 Å². The van der Waals surface area contributed by atoms with Crippen LogP contribution < -0.4 is 0 Å². The third-order valence-electron chi connectivity index (χ3n) is 3.14. The molecule has 0 amide bonds. The summed E-state index contributed by atoms with van der Waals surface area (Å²) in [5, 5.41) is 8.66. The molecule has 0 aromatic carbocycles. The molecule has 80 valence electrons. The Morgan fingerprint density at radius 1 is 1.29 bits per heavy atom. The van der Waals surface area contributed by atoms with Crippen LogP contribution in [0.4, 0.5) is 0 Å². The van der Waals surface area contributed by atoms with Gasteiger partial charge in [-0.05, 0) is 18.8 Å². The first-order chi connectivity index (χ1) is 6.70. The van der Waals surface area contributed by atoms with Crippen LogP contribution in [0.25, 0.3) is 0 Å². The van der Waals surface area contributed by atoms with Crippen molar-refractivity contribution in [2.45, 2.75) is 37.9 Å². The highest BCUT2D eigenvalue weighted by Gasteiger charge is 2.40. The molecule has 4 nitrogen and oxygen atoms in total. The van der Waals surface area contributed by atoms with Gasteiger partial charge in [-0.3, -0.25) is 4.79 Å². The van der Waals surface area contributed by atoms with Crippen molar-refractivity contribution in [2.75, 3.05) is 13.2 Å². The van der Waals surface area contributed by atoms with Gasteiger partial charge in [-0.1, -0.05) is 0 Å². The number of carbonyl (C=O) groups is 1. The van der Waals surface area contributed by atoms with Crippen LogP contribution in [0.3, 0.4) is 0 Å². The average molecular weight is 200 g/mol. The second-order valence-corrected chi connectivity index (χ2v) is 4.15. The Labute approximate surface area is 83.2 Å². The van der Waals surface area contributed by atoms with Crippen molar-refractivity contribution in [2.24, 2.45) is 5.92 Å². The fraction of sp³-hybridized carbons (Fsp3) is 0.900. The summed E-state index contributed by atoms with van der Waals surface area (Å²) in [5.41, 5.74) is 0. The Morgan fingerprint density at radius 3 is 2.36 bits per heavy atom. The van der Waals surface area contributed by atoms with Crippen LogP contribution in [-0.2, 0) is 14.3 Å². The van der Waals surface area contributed by atoms with Crippen molar-refractivity contribution in [3.8, 4) is 0 Å². The van der Waals surface area contributed by atoms with E-state index in [1.54, 1.807) is 0 Å². The lowest BCUT2D eigenvalue weighted by atomic mass is 9.83. The van der Waals surface area contributed by atoms with Gasteiger partial charge in [0.25, 0.3) is 0 Å². The summed E-state index contributed by atoms with van der Waals surface area (Å²) in [6.45, 7) is 1.37. The fourth-order valence-electron chi connectivity index (χ4n) is 2.35. The highest BCUT2D eigenvalue weighted by atomic mass is 16.7. The van der Waals surface area contributed by atoms with E-state index >= 15 is 0 Å². The van der Waals surface area contributed by atoms with E-state index in [4.69, 9.17) is 14.6 Å². The van der Waals surface area contributed by atoms with Crippen molar-refractivity contribution in [1.29, 1.82) is 0 Å². The molecule has 0 bridgehead atoms. The molecule has 2 fully saturated rings. The third-order valence-corrected chi connectivity index (χ3v) is 3.14. The lowest BCUT2D eigenvalue weighted by molar-refractivity contribution is -0.183. The quantitative estimate of drug-likeness (QED) is 0.732. The third kappa shape index (κ3) is 2.07. The normalized spacial score (nSPS) is 26.9. The molecule has 1 saturated carbocycles. The Hall–Kier alpha value is -0.610. The number of hydrogen-bond donors (Lipinski definition) is 1. The van der Waals surface area contributed by atoms with Crippen LogP contribution in [0.1, 0.15) is 32.1 Å². The highest BCUT2D eigenvalue weighted by molar-refractivity contribution is 5.67. The SMILES string of the molecule is O=C(O)CC1CCC2(CC1)OCCO2. The summed E-state index contributed by atoms with van der Waals surface area (Å²) in [6, 6.07) is 0. The van der Waals surface area contributed by atoms with Crippen LogP contribution in [0.2, 0.25) is 0 Å². The zero-order valence-electron chi connectivity index (χ0n) is 8.20. The minimum Gasteiger partial charge on any atom is -0.481 e. The zero-order valence-corrected chi connectivity index (χ0v) is 8.20. The summed E-state index contributed by atoms with van der Waals surface area (Å²) in [7, 11) is 0. The number of carboxylic acids is 1. The lowest BCUT2D eigenvalue weighted by Gasteiger charge is -2.34. The summed E-state index contributed by atoms with van der Waals surface area (Å²) in [4.78, 5) is 10.5. The van der Waals surface area contributed by atoms with Crippen molar-refractivity contribution in [3.63, 3.8) is 0 Å². The van der Waals surface area contributed by atoms with Crippen LogP contribution >= 0.6 is 0 Å². The minimum atomic E-state index is -0.695. The van der Waals surface area contributed by atoms with Crippen LogP contribution in [0.15, 0.2) is 0 Å². The Bertz CT molecular complexity index is 210. The van der Waals surface area contributed by atoms with Gasteiger partial charge in [0.05, 0.1) is 13.2 Å². The van der Waals surface area contributed by atoms with Gasteiger partial charge in [0.1, 0.15) is 0 Å². The van der Waals surface area contributed by atoms with Gasteiger partial charge in [-0.2, -0.15) is 0 Å². The minimum absolute atomic E-state index is 0.288. The molecule has 1 aliphatic heterocycles. The number of carboxylic acid groups (broad SMARTS) is 1. The first-order valence-corrected chi connectivity index (χ1v) is 5.20. The molecule has 0 radical (unpaired) electrons. The van der Waals surface area contributed by atoms with Crippen molar-refractivity contribution in [3.05, 3.63) is 0 Å². The first-order valence-electron chi connectivity index (χ1n) is 5.20. The zero-order chi connectivity index (χ0) is 10.0.